The lowest BCUT2D eigenvalue weighted by molar-refractivity contribution is 0.0991. The van der Waals surface area contributed by atoms with E-state index in [1.54, 1.807) is 7.11 Å². The van der Waals surface area contributed by atoms with E-state index in [0.29, 0.717) is 6.42 Å². The van der Waals surface area contributed by atoms with Gasteiger partial charge in [-0.2, -0.15) is 0 Å². The minimum Gasteiger partial charge on any atom is -0.497 e. The van der Waals surface area contributed by atoms with Crippen LogP contribution < -0.4 is 4.74 Å². The molecule has 0 amide bonds. The Morgan fingerprint density at radius 2 is 1.94 bits per heavy atom. The van der Waals surface area contributed by atoms with E-state index < -0.39 is 0 Å². The van der Waals surface area contributed by atoms with Crippen molar-refractivity contribution in [3.05, 3.63) is 65.2 Å². The fraction of sp³-hybridized carbons (Fsp3) is 0.188. The van der Waals surface area contributed by atoms with Crippen LogP contribution in [0.3, 0.4) is 0 Å². The van der Waals surface area contributed by atoms with E-state index in [2.05, 4.69) is 6.07 Å². The van der Waals surface area contributed by atoms with Gasteiger partial charge in [0.05, 0.1) is 7.11 Å². The quantitative estimate of drug-likeness (QED) is 0.801. The third kappa shape index (κ3) is 1.70. The lowest BCUT2D eigenvalue weighted by Crippen LogP contribution is -1.97. The highest BCUT2D eigenvalue weighted by Gasteiger charge is 2.29. The average Bonchev–Trinajstić information content (AvgIpc) is 2.77. The average molecular weight is 238 g/mol. The smallest absolute Gasteiger partial charge is 0.164 e. The molecule has 1 aliphatic carbocycles. The molecular formula is C16H14O2. The lowest BCUT2D eigenvalue weighted by atomic mass is 9.93. The van der Waals surface area contributed by atoms with E-state index in [4.69, 9.17) is 4.74 Å². The van der Waals surface area contributed by atoms with Gasteiger partial charge in [-0.15, -0.1) is 0 Å². The minimum atomic E-state index is 0.170. The first kappa shape index (κ1) is 11.0. The molecule has 0 N–H and O–H groups in total. The standard InChI is InChI=1S/C16H14O2/c1-18-12-6-4-5-11(9-12)15-10-16(17)14-8-3-2-7-13(14)15/h2-9,15H,10H2,1H3/t15-/m0/s1. The van der Waals surface area contributed by atoms with Gasteiger partial charge in [0.2, 0.25) is 0 Å². The highest BCUT2D eigenvalue weighted by Crippen LogP contribution is 2.38. The number of carbonyl (C=O) groups is 1. The predicted octanol–water partition coefficient (Wildman–Crippen LogP) is 3.41. The summed E-state index contributed by atoms with van der Waals surface area (Å²) in [6, 6.07) is 15.8. The van der Waals surface area contributed by atoms with Gasteiger partial charge in [-0.3, -0.25) is 4.79 Å². The minimum absolute atomic E-state index is 0.170. The molecule has 3 rings (SSSR count). The Labute approximate surface area is 106 Å². The third-order valence-corrected chi connectivity index (χ3v) is 3.52. The largest absolute Gasteiger partial charge is 0.497 e. The number of ketones is 1. The van der Waals surface area contributed by atoms with Crippen LogP contribution in [-0.4, -0.2) is 12.9 Å². The van der Waals surface area contributed by atoms with E-state index in [9.17, 15) is 4.79 Å². The van der Waals surface area contributed by atoms with Crippen LogP contribution in [0.1, 0.15) is 33.8 Å². The molecule has 0 spiro atoms. The van der Waals surface area contributed by atoms with Crippen molar-refractivity contribution < 1.29 is 9.53 Å². The van der Waals surface area contributed by atoms with E-state index >= 15 is 0 Å². The predicted molar refractivity (Wildman–Crippen MR) is 70.2 cm³/mol. The van der Waals surface area contributed by atoms with Crippen LogP contribution in [-0.2, 0) is 0 Å². The third-order valence-electron chi connectivity index (χ3n) is 3.52. The first-order valence-corrected chi connectivity index (χ1v) is 6.05. The first-order valence-electron chi connectivity index (χ1n) is 6.05. The van der Waals surface area contributed by atoms with Crippen LogP contribution in [0, 0.1) is 0 Å². The maximum absolute atomic E-state index is 12.0. The number of carbonyl (C=O) groups excluding carboxylic acids is 1. The second kappa shape index (κ2) is 4.30. The van der Waals surface area contributed by atoms with Crippen molar-refractivity contribution in [2.75, 3.05) is 7.11 Å². The van der Waals surface area contributed by atoms with Gasteiger partial charge in [-0.1, -0.05) is 36.4 Å². The zero-order valence-corrected chi connectivity index (χ0v) is 10.2. The number of hydrogen-bond acceptors (Lipinski definition) is 2. The molecule has 0 aliphatic heterocycles. The second-order valence-corrected chi connectivity index (χ2v) is 4.54. The van der Waals surface area contributed by atoms with Gasteiger partial charge >= 0.3 is 0 Å². The fourth-order valence-corrected chi connectivity index (χ4v) is 2.62. The summed E-state index contributed by atoms with van der Waals surface area (Å²) >= 11 is 0. The Kier molecular flexibility index (Phi) is 2.63. The lowest BCUT2D eigenvalue weighted by Gasteiger charge is -2.12. The van der Waals surface area contributed by atoms with Gasteiger partial charge in [0.15, 0.2) is 5.78 Å². The van der Waals surface area contributed by atoms with E-state index in [0.717, 1.165) is 22.4 Å². The molecular weight excluding hydrogens is 224 g/mol. The maximum Gasteiger partial charge on any atom is 0.164 e. The summed E-state index contributed by atoms with van der Waals surface area (Å²) in [6.07, 6.45) is 0.562. The normalized spacial score (nSPS) is 17.6. The molecule has 0 radical (unpaired) electrons. The Balaban J connectivity index is 2.06. The van der Waals surface area contributed by atoms with Crippen molar-refractivity contribution in [3.8, 4) is 5.75 Å². The van der Waals surface area contributed by atoms with Gasteiger partial charge in [0.1, 0.15) is 5.75 Å². The Bertz CT molecular complexity index is 602. The van der Waals surface area contributed by atoms with Crippen molar-refractivity contribution in [3.63, 3.8) is 0 Å². The van der Waals surface area contributed by atoms with Crippen molar-refractivity contribution in [2.24, 2.45) is 0 Å². The first-order chi connectivity index (χ1) is 8.79. The van der Waals surface area contributed by atoms with Crippen molar-refractivity contribution >= 4 is 5.78 Å². The van der Waals surface area contributed by atoms with Crippen LogP contribution in [0.25, 0.3) is 0 Å². The molecule has 0 fully saturated rings. The molecule has 0 bridgehead atoms. The Morgan fingerprint density at radius 1 is 1.11 bits per heavy atom. The number of rotatable bonds is 2. The highest BCUT2D eigenvalue weighted by atomic mass is 16.5. The fourth-order valence-electron chi connectivity index (χ4n) is 2.62. The number of ether oxygens (including phenoxy) is 1. The molecule has 0 saturated heterocycles. The molecule has 2 aromatic rings. The molecule has 0 saturated carbocycles. The van der Waals surface area contributed by atoms with Gasteiger partial charge in [0, 0.05) is 17.9 Å². The van der Waals surface area contributed by atoms with Crippen molar-refractivity contribution in [1.82, 2.24) is 0 Å². The van der Waals surface area contributed by atoms with Crippen LogP contribution in [0.4, 0.5) is 0 Å². The van der Waals surface area contributed by atoms with Gasteiger partial charge < -0.3 is 4.74 Å². The Hall–Kier alpha value is -2.09. The van der Waals surface area contributed by atoms with E-state index in [1.807, 2.05) is 42.5 Å². The monoisotopic (exact) mass is 238 g/mol. The molecule has 0 unspecified atom stereocenters. The molecule has 2 aromatic carbocycles. The number of hydrogen-bond donors (Lipinski definition) is 0. The molecule has 1 atom stereocenters. The number of fused-ring (bicyclic) bond motifs is 1. The van der Waals surface area contributed by atoms with Crippen LogP contribution >= 0.6 is 0 Å². The van der Waals surface area contributed by atoms with Crippen LogP contribution in [0.2, 0.25) is 0 Å². The highest BCUT2D eigenvalue weighted by molar-refractivity contribution is 6.01. The zero-order chi connectivity index (χ0) is 12.5. The molecule has 0 aromatic heterocycles. The number of benzene rings is 2. The summed E-state index contributed by atoms with van der Waals surface area (Å²) in [5.74, 6) is 1.24. The van der Waals surface area contributed by atoms with E-state index in [-0.39, 0.29) is 11.7 Å². The van der Waals surface area contributed by atoms with Gasteiger partial charge in [-0.25, -0.2) is 0 Å². The molecule has 2 nitrogen and oxygen atoms in total. The summed E-state index contributed by atoms with van der Waals surface area (Å²) in [4.78, 5) is 12.0. The van der Waals surface area contributed by atoms with Crippen LogP contribution in [0.15, 0.2) is 48.5 Å². The van der Waals surface area contributed by atoms with Crippen molar-refractivity contribution in [1.29, 1.82) is 0 Å². The van der Waals surface area contributed by atoms with E-state index in [1.165, 1.54) is 0 Å². The SMILES string of the molecule is COc1cccc([C@@H]2CC(=O)c3ccccc32)c1. The Morgan fingerprint density at radius 3 is 2.78 bits per heavy atom. The molecule has 1 aliphatic rings. The summed E-state index contributed by atoms with van der Waals surface area (Å²) in [6.45, 7) is 0. The zero-order valence-electron chi connectivity index (χ0n) is 10.2. The maximum atomic E-state index is 12.0. The number of methoxy groups -OCH3 is 1. The van der Waals surface area contributed by atoms with Crippen molar-refractivity contribution in [2.45, 2.75) is 12.3 Å². The second-order valence-electron chi connectivity index (χ2n) is 4.54. The molecule has 90 valence electrons. The van der Waals surface area contributed by atoms with Crippen LogP contribution in [0.5, 0.6) is 5.75 Å². The summed E-state index contributed by atoms with van der Waals surface area (Å²) in [5.41, 5.74) is 3.15. The summed E-state index contributed by atoms with van der Waals surface area (Å²) < 4.78 is 5.24. The summed E-state index contributed by atoms with van der Waals surface area (Å²) in [7, 11) is 1.66. The molecule has 18 heavy (non-hydrogen) atoms. The summed E-state index contributed by atoms with van der Waals surface area (Å²) in [5, 5.41) is 0. The van der Waals surface area contributed by atoms with Gasteiger partial charge in [-0.05, 0) is 23.3 Å². The topological polar surface area (TPSA) is 26.3 Å². The van der Waals surface area contributed by atoms with Gasteiger partial charge in [0.25, 0.3) is 0 Å². The molecule has 2 heteroatoms. The number of Topliss-reactive ketones (excluding diaryl/α,β-unsaturated/α-hetero) is 1. The molecule has 0 heterocycles.